The predicted molar refractivity (Wildman–Crippen MR) is 66.7 cm³/mol. The highest BCUT2D eigenvalue weighted by atomic mass is 32.2. The number of amides is 1. The minimum absolute atomic E-state index is 0.0884. The topological polar surface area (TPSA) is 44.1 Å². The van der Waals surface area contributed by atoms with Crippen molar-refractivity contribution in [3.05, 3.63) is 27.4 Å². The summed E-state index contributed by atoms with van der Waals surface area (Å²) in [5.74, 6) is 0.531. The summed E-state index contributed by atoms with van der Waals surface area (Å²) in [7, 11) is 0. The van der Waals surface area contributed by atoms with Crippen molar-refractivity contribution >= 4 is 34.6 Å². The molecule has 0 radical (unpaired) electrons. The fourth-order valence-electron chi connectivity index (χ4n) is 1.57. The quantitative estimate of drug-likeness (QED) is 0.758. The van der Waals surface area contributed by atoms with E-state index in [-0.39, 0.29) is 5.91 Å². The number of thioether (sulfide) groups is 1. The lowest BCUT2D eigenvalue weighted by molar-refractivity contribution is -0.125. The summed E-state index contributed by atoms with van der Waals surface area (Å²) in [6.45, 7) is 2.54. The van der Waals surface area contributed by atoms with Gasteiger partial charge in [-0.05, 0) is 23.8 Å². The second-order valence-corrected chi connectivity index (χ2v) is 4.97. The highest BCUT2D eigenvalue weighted by Crippen LogP contribution is 2.35. The summed E-state index contributed by atoms with van der Waals surface area (Å²) in [4.78, 5) is 13.3. The summed E-state index contributed by atoms with van der Waals surface area (Å²) < 4.78 is 0. The van der Waals surface area contributed by atoms with Gasteiger partial charge in [0, 0.05) is 12.1 Å². The van der Waals surface area contributed by atoms with Gasteiger partial charge in [0.15, 0.2) is 0 Å². The molecule has 0 N–H and O–H groups in total. The van der Waals surface area contributed by atoms with Crippen molar-refractivity contribution in [2.75, 3.05) is 12.3 Å². The van der Waals surface area contributed by atoms with Crippen LogP contribution in [0.15, 0.2) is 21.9 Å². The van der Waals surface area contributed by atoms with Crippen molar-refractivity contribution in [3.63, 3.8) is 0 Å². The van der Waals surface area contributed by atoms with Crippen molar-refractivity contribution in [2.45, 2.75) is 6.92 Å². The van der Waals surface area contributed by atoms with Crippen molar-refractivity contribution in [3.8, 4) is 6.07 Å². The first-order chi connectivity index (χ1) is 7.77. The van der Waals surface area contributed by atoms with E-state index in [0.29, 0.717) is 17.9 Å². The maximum atomic E-state index is 11.6. The molecule has 0 atom stereocenters. The minimum Gasteiger partial charge on any atom is -0.305 e. The van der Waals surface area contributed by atoms with E-state index in [2.05, 4.69) is 6.07 Å². The van der Waals surface area contributed by atoms with Crippen molar-refractivity contribution in [1.29, 1.82) is 5.26 Å². The number of allylic oxidation sites excluding steroid dienone is 1. The first kappa shape index (κ1) is 11.2. The van der Waals surface area contributed by atoms with Crippen LogP contribution in [-0.4, -0.2) is 23.1 Å². The van der Waals surface area contributed by atoms with Crippen molar-refractivity contribution in [1.82, 2.24) is 4.90 Å². The lowest BCUT2D eigenvalue weighted by atomic mass is 10.1. The van der Waals surface area contributed by atoms with E-state index >= 15 is 0 Å². The molecule has 2 rings (SSSR count). The molecule has 0 spiro atoms. The van der Waals surface area contributed by atoms with Gasteiger partial charge in [0.05, 0.1) is 16.4 Å². The van der Waals surface area contributed by atoms with Gasteiger partial charge in [-0.2, -0.15) is 16.6 Å². The number of rotatable bonds is 2. The molecular weight excluding hydrogens is 240 g/mol. The molecular formula is C11H10N2OS2. The molecule has 5 heteroatoms. The molecule has 1 saturated heterocycles. The fraction of sp³-hybridized carbons (Fsp3) is 0.273. The molecule has 0 bridgehead atoms. The van der Waals surface area contributed by atoms with Gasteiger partial charge in [-0.25, -0.2) is 0 Å². The Morgan fingerprint density at radius 3 is 3.06 bits per heavy atom. The Bertz CT molecular complexity index is 471. The number of carbonyl (C=O) groups excluding carboxylic acids is 1. The van der Waals surface area contributed by atoms with Crippen LogP contribution in [0, 0.1) is 11.3 Å². The van der Waals surface area contributed by atoms with Gasteiger partial charge in [0.1, 0.15) is 6.07 Å². The standard InChI is InChI=1S/C11H10N2OS2/c1-2-13-10(14)7-16-11(13)9(5-12)8-3-4-15-6-8/h3-4,6H,2,7H2,1H3/b11-9-. The Morgan fingerprint density at radius 2 is 2.50 bits per heavy atom. The molecule has 0 saturated carbocycles. The Kier molecular flexibility index (Phi) is 3.32. The number of nitriles is 1. The van der Waals surface area contributed by atoms with E-state index in [4.69, 9.17) is 0 Å². The molecule has 1 amide bonds. The molecule has 2 heterocycles. The zero-order valence-corrected chi connectivity index (χ0v) is 10.4. The molecule has 1 aliphatic rings. The second-order valence-electron chi connectivity index (χ2n) is 3.23. The van der Waals surface area contributed by atoms with Gasteiger partial charge in [-0.3, -0.25) is 4.79 Å². The molecule has 0 aromatic carbocycles. The molecule has 1 aromatic rings. The van der Waals surface area contributed by atoms with Crippen molar-refractivity contribution in [2.24, 2.45) is 0 Å². The molecule has 0 aliphatic carbocycles. The maximum absolute atomic E-state index is 11.6. The average molecular weight is 250 g/mol. The zero-order chi connectivity index (χ0) is 11.5. The van der Waals surface area contributed by atoms with Crippen LogP contribution < -0.4 is 0 Å². The van der Waals surface area contributed by atoms with Crippen LogP contribution in [0.25, 0.3) is 5.57 Å². The summed E-state index contributed by atoms with van der Waals surface area (Å²) in [6.07, 6.45) is 0. The summed E-state index contributed by atoms with van der Waals surface area (Å²) >= 11 is 3.01. The second kappa shape index (κ2) is 4.73. The molecule has 1 aromatic heterocycles. The molecule has 3 nitrogen and oxygen atoms in total. The first-order valence-corrected chi connectivity index (χ1v) is 6.81. The highest BCUT2D eigenvalue weighted by molar-refractivity contribution is 8.04. The van der Waals surface area contributed by atoms with E-state index in [1.165, 1.54) is 11.8 Å². The lowest BCUT2D eigenvalue weighted by Crippen LogP contribution is -2.24. The summed E-state index contributed by atoms with van der Waals surface area (Å²) in [5, 5.41) is 13.9. The van der Waals surface area contributed by atoms with E-state index in [1.807, 2.05) is 23.8 Å². The molecule has 1 aliphatic heterocycles. The maximum Gasteiger partial charge on any atom is 0.237 e. The van der Waals surface area contributed by atoms with Crippen LogP contribution in [0.5, 0.6) is 0 Å². The Morgan fingerprint density at radius 1 is 1.69 bits per heavy atom. The smallest absolute Gasteiger partial charge is 0.237 e. The Hall–Kier alpha value is -1.25. The van der Waals surface area contributed by atoms with Gasteiger partial charge in [-0.1, -0.05) is 11.8 Å². The van der Waals surface area contributed by atoms with E-state index < -0.39 is 0 Å². The third-order valence-electron chi connectivity index (χ3n) is 2.33. The van der Waals surface area contributed by atoms with Gasteiger partial charge in [-0.15, -0.1) is 0 Å². The van der Waals surface area contributed by atoms with E-state index in [9.17, 15) is 10.1 Å². The largest absolute Gasteiger partial charge is 0.305 e. The van der Waals surface area contributed by atoms with Crippen LogP contribution >= 0.6 is 23.1 Å². The van der Waals surface area contributed by atoms with Crippen LogP contribution in [0.1, 0.15) is 12.5 Å². The van der Waals surface area contributed by atoms with Gasteiger partial charge >= 0.3 is 0 Å². The monoisotopic (exact) mass is 250 g/mol. The summed E-state index contributed by atoms with van der Waals surface area (Å²) in [5.41, 5.74) is 1.52. The molecule has 82 valence electrons. The number of thiophene rings is 1. The van der Waals surface area contributed by atoms with Crippen molar-refractivity contribution < 1.29 is 4.79 Å². The summed E-state index contributed by atoms with van der Waals surface area (Å²) in [6, 6.07) is 4.11. The third-order valence-corrected chi connectivity index (χ3v) is 4.10. The molecule has 16 heavy (non-hydrogen) atoms. The minimum atomic E-state index is 0.0884. The molecule has 0 unspecified atom stereocenters. The van der Waals surface area contributed by atoms with Crippen LogP contribution in [0.2, 0.25) is 0 Å². The van der Waals surface area contributed by atoms with E-state index in [0.717, 1.165) is 10.6 Å². The first-order valence-electron chi connectivity index (χ1n) is 4.88. The number of hydrogen-bond acceptors (Lipinski definition) is 4. The van der Waals surface area contributed by atoms with Gasteiger partial charge in [0.2, 0.25) is 5.91 Å². The van der Waals surface area contributed by atoms with Gasteiger partial charge in [0.25, 0.3) is 0 Å². The fourth-order valence-corrected chi connectivity index (χ4v) is 3.33. The van der Waals surface area contributed by atoms with E-state index in [1.54, 1.807) is 16.2 Å². The normalized spacial score (nSPS) is 18.8. The van der Waals surface area contributed by atoms with Crippen LogP contribution in [0.4, 0.5) is 0 Å². The number of carbonyl (C=O) groups is 1. The number of nitrogens with zero attached hydrogens (tertiary/aromatic N) is 2. The van der Waals surface area contributed by atoms with Crippen LogP contribution in [0.3, 0.4) is 0 Å². The SMILES string of the molecule is CCN1C(=O)CS/C1=C(/C#N)c1ccsc1. The van der Waals surface area contributed by atoms with Gasteiger partial charge < -0.3 is 4.90 Å². The Labute approximate surface area is 102 Å². The lowest BCUT2D eigenvalue weighted by Gasteiger charge is -2.15. The zero-order valence-electron chi connectivity index (χ0n) is 8.77. The van der Waals surface area contributed by atoms with Crippen LogP contribution in [-0.2, 0) is 4.79 Å². The molecule has 1 fully saturated rings. The third kappa shape index (κ3) is 1.86. The number of hydrogen-bond donors (Lipinski definition) is 0. The predicted octanol–water partition coefficient (Wildman–Crippen LogP) is 2.54. The Balaban J connectivity index is 2.47. The average Bonchev–Trinajstić information content (AvgIpc) is 2.90. The highest BCUT2D eigenvalue weighted by Gasteiger charge is 2.28.